The molecule has 1 aromatic carbocycles. The average molecular weight is 343 g/mol. The van der Waals surface area contributed by atoms with Crippen molar-refractivity contribution in [3.05, 3.63) is 32.8 Å². The zero-order valence-corrected chi connectivity index (χ0v) is 12.6. The number of anilines is 1. The molecule has 1 aromatic rings. The van der Waals surface area contributed by atoms with Gasteiger partial charge in [-0.25, -0.2) is 0 Å². The van der Waals surface area contributed by atoms with E-state index in [1.165, 1.54) is 12.1 Å². The number of hydrogen-bond donors (Lipinski definition) is 0. The van der Waals surface area contributed by atoms with Gasteiger partial charge in [0.1, 0.15) is 6.29 Å². The van der Waals surface area contributed by atoms with Crippen molar-refractivity contribution >= 4 is 33.6 Å². The molecular formula is C13H15BrN2O4. The van der Waals surface area contributed by atoms with Crippen LogP contribution >= 0.6 is 15.9 Å². The molecule has 0 radical (unpaired) electrons. The molecule has 1 saturated heterocycles. The molecule has 0 aromatic heterocycles. The largest absolute Gasteiger partial charge is 0.380 e. The van der Waals surface area contributed by atoms with Gasteiger partial charge in [-0.3, -0.25) is 10.1 Å². The fraction of sp³-hybridized carbons (Fsp3) is 0.462. The number of non-ortho nitro benzene ring substituents is 1. The highest BCUT2D eigenvalue weighted by Crippen LogP contribution is 2.34. The first-order chi connectivity index (χ1) is 9.56. The van der Waals surface area contributed by atoms with Gasteiger partial charge in [-0.2, -0.15) is 0 Å². The van der Waals surface area contributed by atoms with E-state index in [1.807, 2.05) is 4.90 Å². The van der Waals surface area contributed by atoms with E-state index in [0.717, 1.165) is 18.4 Å². The zero-order chi connectivity index (χ0) is 14.7. The average Bonchev–Trinajstić information content (AvgIpc) is 2.46. The number of benzene rings is 1. The third kappa shape index (κ3) is 2.99. The minimum atomic E-state index is -0.445. The third-order valence-electron chi connectivity index (χ3n) is 3.53. The van der Waals surface area contributed by atoms with Gasteiger partial charge in [-0.1, -0.05) is 0 Å². The summed E-state index contributed by atoms with van der Waals surface area (Å²) in [5.41, 5.74) is 0.790. The molecule has 0 aliphatic carbocycles. The van der Waals surface area contributed by atoms with Gasteiger partial charge in [0.15, 0.2) is 0 Å². The Hall–Kier alpha value is -1.47. The van der Waals surface area contributed by atoms with Crippen molar-refractivity contribution in [3.63, 3.8) is 0 Å². The maximum atomic E-state index is 11.2. The van der Waals surface area contributed by atoms with E-state index in [4.69, 9.17) is 4.74 Å². The lowest BCUT2D eigenvalue weighted by atomic mass is 10.00. The van der Waals surface area contributed by atoms with Crippen LogP contribution in [0.5, 0.6) is 0 Å². The molecule has 1 aliphatic rings. The fourth-order valence-corrected chi connectivity index (χ4v) is 3.01. The van der Waals surface area contributed by atoms with Gasteiger partial charge in [-0.05, 0) is 34.8 Å². The number of hydrogen-bond acceptors (Lipinski definition) is 5. The number of ether oxygens (including phenoxy) is 1. The molecule has 108 valence electrons. The lowest BCUT2D eigenvalue weighted by Gasteiger charge is -2.38. The second kappa shape index (κ2) is 6.32. The number of nitro benzene ring substituents is 1. The van der Waals surface area contributed by atoms with E-state index in [2.05, 4.69) is 15.9 Å². The fourth-order valence-electron chi connectivity index (χ4n) is 2.41. The number of carbonyl (C=O) groups is 1. The van der Waals surface area contributed by atoms with Crippen LogP contribution in [-0.4, -0.2) is 37.0 Å². The Kier molecular flexibility index (Phi) is 4.72. The topological polar surface area (TPSA) is 72.7 Å². The molecule has 7 heteroatoms. The number of aldehydes is 1. The maximum Gasteiger partial charge on any atom is 0.270 e. The van der Waals surface area contributed by atoms with Crippen molar-refractivity contribution in [2.24, 2.45) is 0 Å². The van der Waals surface area contributed by atoms with Crippen molar-refractivity contribution in [1.82, 2.24) is 0 Å². The summed E-state index contributed by atoms with van der Waals surface area (Å²) in [6.07, 6.45) is 2.53. The van der Waals surface area contributed by atoms with Crippen molar-refractivity contribution in [1.29, 1.82) is 0 Å². The van der Waals surface area contributed by atoms with E-state index in [0.29, 0.717) is 17.4 Å². The molecular weight excluding hydrogens is 328 g/mol. The van der Waals surface area contributed by atoms with Crippen LogP contribution in [-0.2, 0) is 9.53 Å². The number of nitro groups is 1. The second-order valence-corrected chi connectivity index (χ2v) is 5.54. The van der Waals surface area contributed by atoms with Crippen molar-refractivity contribution in [2.45, 2.75) is 25.0 Å². The second-order valence-electron chi connectivity index (χ2n) is 4.68. The zero-order valence-electron chi connectivity index (χ0n) is 11.0. The number of rotatable bonds is 4. The number of carbonyl (C=O) groups excluding carboxylic acids is 1. The van der Waals surface area contributed by atoms with Crippen LogP contribution < -0.4 is 4.90 Å². The molecule has 2 rings (SSSR count). The molecule has 0 N–H and O–H groups in total. The smallest absolute Gasteiger partial charge is 0.270 e. The molecule has 0 bridgehead atoms. The summed E-state index contributed by atoms with van der Waals surface area (Å²) in [6.45, 7) is 0.594. The predicted octanol–water partition coefficient (Wildman–Crippen LogP) is 2.54. The van der Waals surface area contributed by atoms with Crippen LogP contribution in [0.4, 0.5) is 11.4 Å². The molecule has 1 fully saturated rings. The summed E-state index contributed by atoms with van der Waals surface area (Å²) >= 11 is 3.35. The van der Waals surface area contributed by atoms with Crippen molar-refractivity contribution < 1.29 is 14.5 Å². The Balaban J connectivity index is 2.31. The molecule has 2 atom stereocenters. The number of halogens is 1. The Labute approximate surface area is 125 Å². The minimum absolute atomic E-state index is 0.0172. The van der Waals surface area contributed by atoms with Gasteiger partial charge in [0.2, 0.25) is 0 Å². The van der Waals surface area contributed by atoms with Crippen molar-refractivity contribution in [2.75, 3.05) is 18.6 Å². The number of methoxy groups -OCH3 is 1. The van der Waals surface area contributed by atoms with Gasteiger partial charge in [-0.15, -0.1) is 0 Å². The molecule has 6 nitrogen and oxygen atoms in total. The van der Waals surface area contributed by atoms with Crippen LogP contribution in [0.1, 0.15) is 12.8 Å². The summed E-state index contributed by atoms with van der Waals surface area (Å²) in [4.78, 5) is 23.5. The molecule has 1 aliphatic heterocycles. The van der Waals surface area contributed by atoms with E-state index >= 15 is 0 Å². The summed E-state index contributed by atoms with van der Waals surface area (Å²) in [7, 11) is 1.65. The van der Waals surface area contributed by atoms with Gasteiger partial charge in [0, 0.05) is 30.3 Å². The van der Waals surface area contributed by atoms with Crippen LogP contribution in [0.3, 0.4) is 0 Å². The monoisotopic (exact) mass is 342 g/mol. The highest BCUT2D eigenvalue weighted by Gasteiger charge is 2.29. The quantitative estimate of drug-likeness (QED) is 0.477. The summed E-state index contributed by atoms with van der Waals surface area (Å²) < 4.78 is 5.96. The Morgan fingerprint density at radius 2 is 2.25 bits per heavy atom. The normalized spacial score (nSPS) is 22.6. The lowest BCUT2D eigenvalue weighted by Crippen LogP contribution is -2.47. The maximum absolute atomic E-state index is 11.2. The Morgan fingerprint density at radius 1 is 1.50 bits per heavy atom. The molecule has 2 unspecified atom stereocenters. The highest BCUT2D eigenvalue weighted by atomic mass is 79.9. The van der Waals surface area contributed by atoms with Gasteiger partial charge >= 0.3 is 0 Å². The third-order valence-corrected chi connectivity index (χ3v) is 4.16. The molecule has 0 spiro atoms. The van der Waals surface area contributed by atoms with Crippen molar-refractivity contribution in [3.8, 4) is 0 Å². The molecule has 20 heavy (non-hydrogen) atoms. The van der Waals surface area contributed by atoms with Gasteiger partial charge in [0.05, 0.1) is 22.8 Å². The van der Waals surface area contributed by atoms with Gasteiger partial charge in [0.25, 0.3) is 5.69 Å². The SMILES string of the molecule is COC1CCC(C=O)N(c2ccc([N+](=O)[O-])cc2Br)C1. The Morgan fingerprint density at radius 3 is 2.80 bits per heavy atom. The van der Waals surface area contributed by atoms with Gasteiger partial charge < -0.3 is 14.4 Å². The first-order valence-electron chi connectivity index (χ1n) is 6.25. The summed E-state index contributed by atoms with van der Waals surface area (Å²) in [6, 6.07) is 4.34. The van der Waals surface area contributed by atoms with E-state index in [-0.39, 0.29) is 17.8 Å². The first kappa shape index (κ1) is 14.9. The highest BCUT2D eigenvalue weighted by molar-refractivity contribution is 9.10. The number of nitrogens with zero attached hydrogens (tertiary/aromatic N) is 2. The van der Waals surface area contributed by atoms with Crippen LogP contribution in [0.15, 0.2) is 22.7 Å². The molecule has 0 saturated carbocycles. The summed E-state index contributed by atoms with van der Waals surface area (Å²) in [5.74, 6) is 0. The standard InChI is InChI=1S/C13H15BrN2O4/c1-20-11-4-2-10(8-17)15(7-11)13-5-3-9(16(18)19)6-12(13)14/h3,5-6,8,10-11H,2,4,7H2,1H3. The van der Waals surface area contributed by atoms with E-state index in [1.54, 1.807) is 13.2 Å². The van der Waals surface area contributed by atoms with E-state index in [9.17, 15) is 14.9 Å². The summed E-state index contributed by atoms with van der Waals surface area (Å²) in [5, 5.41) is 10.8. The lowest BCUT2D eigenvalue weighted by molar-refractivity contribution is -0.384. The molecule has 1 heterocycles. The molecule has 0 amide bonds. The number of piperidine rings is 1. The minimum Gasteiger partial charge on any atom is -0.380 e. The van der Waals surface area contributed by atoms with Crippen LogP contribution in [0.2, 0.25) is 0 Å². The van der Waals surface area contributed by atoms with Crippen LogP contribution in [0.25, 0.3) is 0 Å². The van der Waals surface area contributed by atoms with E-state index < -0.39 is 4.92 Å². The van der Waals surface area contributed by atoms with Crippen LogP contribution in [0, 0.1) is 10.1 Å². The predicted molar refractivity (Wildman–Crippen MR) is 78.0 cm³/mol. The Bertz CT molecular complexity index is 523. The first-order valence-corrected chi connectivity index (χ1v) is 7.04.